The lowest BCUT2D eigenvalue weighted by atomic mass is 10.0. The van der Waals surface area contributed by atoms with Gasteiger partial charge in [0.1, 0.15) is 19.8 Å². The van der Waals surface area contributed by atoms with Crippen molar-refractivity contribution in [1.82, 2.24) is 0 Å². The monoisotopic (exact) mass is 1110 g/mol. The largest absolute Gasteiger partial charge is 0.472 e. The Balaban J connectivity index is 4.05. The van der Waals surface area contributed by atoms with E-state index < -0.39 is 26.5 Å². The number of carbonyl (C=O) groups is 2. The SMILES string of the molecule is CC/C=C\C/C=C\C/C=C\C/C=C\C/C=C\CCCCCCCC(=O)OC(COC(=O)CCCCCCCCCCCCCCCCCCCCCCC/C=C\C/C=C\CCCCCCC)COP(=O)(O)OCC[N+](C)(C)C. The fourth-order valence-electron chi connectivity index (χ4n) is 8.96. The van der Waals surface area contributed by atoms with Crippen LogP contribution in [0, 0.1) is 0 Å². The van der Waals surface area contributed by atoms with Crippen LogP contribution in [0.5, 0.6) is 0 Å². The first-order valence-electron chi connectivity index (χ1n) is 32.3. The Hall–Kier alpha value is -2.81. The van der Waals surface area contributed by atoms with Crippen molar-refractivity contribution in [2.75, 3.05) is 47.5 Å². The smallest absolute Gasteiger partial charge is 0.462 e. The average Bonchev–Trinajstić information content (AvgIpc) is 3.41. The molecule has 9 nitrogen and oxygen atoms in total. The minimum atomic E-state index is -4.40. The molecule has 0 spiro atoms. The van der Waals surface area contributed by atoms with E-state index in [4.69, 9.17) is 18.5 Å². The Labute approximate surface area is 481 Å². The highest BCUT2D eigenvalue weighted by Gasteiger charge is 2.27. The Bertz CT molecular complexity index is 1590. The second-order valence-electron chi connectivity index (χ2n) is 22.8. The number of esters is 2. The number of quaternary nitrogens is 1. The zero-order valence-electron chi connectivity index (χ0n) is 51.4. The van der Waals surface area contributed by atoms with Gasteiger partial charge in [0.15, 0.2) is 6.10 Å². The number of unbranched alkanes of at least 4 members (excludes halogenated alkanes) is 31. The van der Waals surface area contributed by atoms with Crippen LogP contribution in [0.15, 0.2) is 85.1 Å². The van der Waals surface area contributed by atoms with Crippen molar-refractivity contribution in [3.8, 4) is 0 Å². The zero-order chi connectivity index (χ0) is 57.0. The number of hydrogen-bond donors (Lipinski definition) is 1. The molecule has 0 aromatic carbocycles. The number of hydrogen-bond acceptors (Lipinski definition) is 7. The molecular formula is C68H123NO8P+. The molecule has 0 radical (unpaired) electrons. The summed E-state index contributed by atoms with van der Waals surface area (Å²) >= 11 is 0. The first-order valence-corrected chi connectivity index (χ1v) is 33.8. The molecule has 0 fully saturated rings. The molecule has 452 valence electrons. The molecule has 0 amide bonds. The molecule has 2 atom stereocenters. The van der Waals surface area contributed by atoms with Crippen LogP contribution in [-0.2, 0) is 32.7 Å². The van der Waals surface area contributed by atoms with E-state index in [2.05, 4.69) is 98.9 Å². The van der Waals surface area contributed by atoms with Crippen molar-refractivity contribution >= 4 is 19.8 Å². The maximum Gasteiger partial charge on any atom is 0.472 e. The lowest BCUT2D eigenvalue weighted by Crippen LogP contribution is -2.37. The summed E-state index contributed by atoms with van der Waals surface area (Å²) in [5.41, 5.74) is 0. The number of phosphoric ester groups is 1. The van der Waals surface area contributed by atoms with Crippen molar-refractivity contribution in [2.45, 2.75) is 290 Å². The van der Waals surface area contributed by atoms with Crippen LogP contribution >= 0.6 is 7.82 Å². The fraction of sp³-hybridized carbons (Fsp3) is 0.765. The van der Waals surface area contributed by atoms with Gasteiger partial charge in [-0.05, 0) is 89.9 Å². The van der Waals surface area contributed by atoms with E-state index in [9.17, 15) is 19.0 Å². The van der Waals surface area contributed by atoms with E-state index in [1.165, 1.54) is 161 Å². The van der Waals surface area contributed by atoms with Crippen molar-refractivity contribution in [3.05, 3.63) is 85.1 Å². The summed E-state index contributed by atoms with van der Waals surface area (Å²) in [6.07, 6.45) is 79.6. The first kappa shape index (κ1) is 75.2. The fourth-order valence-corrected chi connectivity index (χ4v) is 9.70. The maximum absolute atomic E-state index is 12.8. The molecule has 1 N–H and O–H groups in total. The standard InChI is InChI=1S/C68H122NO8P/c1-6-8-10-12-14-16-18-20-22-24-26-28-29-30-31-32-33-34-35-36-37-38-39-41-42-44-46-48-50-52-54-56-58-60-67(70)74-64-66(65-76-78(72,73)75-63-62-69(3,4)5)77-68(71)61-59-57-55-53-51-49-47-45-43-40-27-25-23-21-19-17-15-13-11-9-7-2/h9,11,15,17-18,20-21,23-24,26-27,40,45,47,66H,6-8,10,12-14,16,19,22,25,28-39,41-44,46,48-65H2,1-5H3/p+1/b11-9-,17-15-,20-18-,23-21-,26-24-,40-27-,47-45-. The van der Waals surface area contributed by atoms with Gasteiger partial charge in [0, 0.05) is 12.8 Å². The summed E-state index contributed by atoms with van der Waals surface area (Å²) in [7, 11) is 1.46. The molecule has 2 unspecified atom stereocenters. The summed E-state index contributed by atoms with van der Waals surface area (Å²) in [6, 6.07) is 0. The topological polar surface area (TPSA) is 108 Å². The van der Waals surface area contributed by atoms with Gasteiger partial charge in [-0.2, -0.15) is 0 Å². The number of rotatable bonds is 59. The molecule has 0 aromatic rings. The second kappa shape index (κ2) is 58.8. The van der Waals surface area contributed by atoms with Crippen LogP contribution in [0.4, 0.5) is 0 Å². The predicted octanol–water partition coefficient (Wildman–Crippen LogP) is 20.6. The highest BCUT2D eigenvalue weighted by atomic mass is 31.2. The molecule has 0 heterocycles. The zero-order valence-corrected chi connectivity index (χ0v) is 52.3. The van der Waals surface area contributed by atoms with Gasteiger partial charge >= 0.3 is 19.8 Å². The maximum atomic E-state index is 12.8. The highest BCUT2D eigenvalue weighted by molar-refractivity contribution is 7.47. The Morgan fingerprint density at radius 3 is 1.09 bits per heavy atom. The average molecular weight is 1110 g/mol. The van der Waals surface area contributed by atoms with Crippen LogP contribution in [0.25, 0.3) is 0 Å². The molecule has 0 aromatic heterocycles. The molecule has 0 bridgehead atoms. The van der Waals surface area contributed by atoms with Crippen LogP contribution in [0.3, 0.4) is 0 Å². The van der Waals surface area contributed by atoms with E-state index in [1.54, 1.807) is 0 Å². The van der Waals surface area contributed by atoms with Gasteiger partial charge in [0.2, 0.25) is 0 Å². The van der Waals surface area contributed by atoms with Gasteiger partial charge in [-0.15, -0.1) is 0 Å². The molecule has 0 aliphatic heterocycles. The lowest BCUT2D eigenvalue weighted by molar-refractivity contribution is -0.870. The van der Waals surface area contributed by atoms with Gasteiger partial charge in [-0.1, -0.05) is 266 Å². The Morgan fingerprint density at radius 2 is 0.731 bits per heavy atom. The minimum Gasteiger partial charge on any atom is -0.462 e. The van der Waals surface area contributed by atoms with Gasteiger partial charge in [0.05, 0.1) is 27.7 Å². The molecular weight excluding hydrogens is 990 g/mol. The number of ether oxygens (including phenoxy) is 2. The number of likely N-dealkylation sites (N-methyl/N-ethyl adjacent to an activating group) is 1. The molecule has 0 aliphatic rings. The van der Waals surface area contributed by atoms with E-state index in [1.807, 2.05) is 21.1 Å². The molecule has 78 heavy (non-hydrogen) atoms. The molecule has 0 saturated carbocycles. The van der Waals surface area contributed by atoms with Gasteiger partial charge < -0.3 is 18.9 Å². The van der Waals surface area contributed by atoms with E-state index in [-0.39, 0.29) is 32.0 Å². The summed E-state index contributed by atoms with van der Waals surface area (Å²) < 4.78 is 34.6. The van der Waals surface area contributed by atoms with Crippen LogP contribution in [0.2, 0.25) is 0 Å². The van der Waals surface area contributed by atoms with Gasteiger partial charge in [-0.25, -0.2) is 4.57 Å². The van der Waals surface area contributed by atoms with Crippen molar-refractivity contribution in [3.63, 3.8) is 0 Å². The predicted molar refractivity (Wildman–Crippen MR) is 335 cm³/mol. The second-order valence-corrected chi connectivity index (χ2v) is 24.2. The number of carbonyl (C=O) groups excluding carboxylic acids is 2. The van der Waals surface area contributed by atoms with Crippen molar-refractivity contribution in [1.29, 1.82) is 0 Å². The van der Waals surface area contributed by atoms with Gasteiger partial charge in [0.25, 0.3) is 0 Å². The molecule has 10 heteroatoms. The highest BCUT2D eigenvalue weighted by Crippen LogP contribution is 2.43. The molecule has 0 rings (SSSR count). The third kappa shape index (κ3) is 62.4. The summed E-state index contributed by atoms with van der Waals surface area (Å²) in [5.74, 6) is -0.814. The minimum absolute atomic E-state index is 0.0249. The van der Waals surface area contributed by atoms with E-state index in [0.29, 0.717) is 17.4 Å². The molecule has 0 saturated heterocycles. The van der Waals surface area contributed by atoms with Crippen molar-refractivity contribution in [2.24, 2.45) is 0 Å². The third-order valence-corrected chi connectivity index (χ3v) is 14.9. The van der Waals surface area contributed by atoms with Crippen LogP contribution in [0.1, 0.15) is 284 Å². The number of allylic oxidation sites excluding steroid dienone is 14. The number of phosphoric acid groups is 1. The first-order chi connectivity index (χ1) is 38.0. The molecule has 0 aliphatic carbocycles. The normalized spacial score (nSPS) is 13.8. The Kier molecular flexibility index (Phi) is 56.7. The van der Waals surface area contributed by atoms with Crippen LogP contribution < -0.4 is 0 Å². The summed E-state index contributed by atoms with van der Waals surface area (Å²) in [6.45, 7) is 4.31. The van der Waals surface area contributed by atoms with Crippen molar-refractivity contribution < 1.29 is 42.1 Å². The van der Waals surface area contributed by atoms with E-state index in [0.717, 1.165) is 89.9 Å². The van der Waals surface area contributed by atoms with E-state index >= 15 is 0 Å². The summed E-state index contributed by atoms with van der Waals surface area (Å²) in [5, 5.41) is 0. The van der Waals surface area contributed by atoms with Crippen LogP contribution in [-0.4, -0.2) is 74.9 Å². The Morgan fingerprint density at radius 1 is 0.410 bits per heavy atom. The number of nitrogens with zero attached hydrogens (tertiary/aromatic N) is 1. The quantitative estimate of drug-likeness (QED) is 0.0211. The van der Waals surface area contributed by atoms with Gasteiger partial charge in [-0.3, -0.25) is 18.6 Å². The lowest BCUT2D eigenvalue weighted by Gasteiger charge is -2.24. The third-order valence-electron chi connectivity index (χ3n) is 13.9. The summed E-state index contributed by atoms with van der Waals surface area (Å²) in [4.78, 5) is 35.8.